The van der Waals surface area contributed by atoms with Gasteiger partial charge in [-0.1, -0.05) is 23.2 Å². The Kier molecular flexibility index (Phi) is 3.12. The maximum absolute atomic E-state index is 10.0. The van der Waals surface area contributed by atoms with Crippen LogP contribution in [0, 0.1) is 0 Å². The zero-order valence-electron chi connectivity index (χ0n) is 5.38. The molecule has 0 bridgehead atoms. The lowest BCUT2D eigenvalue weighted by atomic mass is 10.3. The third-order valence-corrected chi connectivity index (χ3v) is 2.49. The highest BCUT2D eigenvalue weighted by Crippen LogP contribution is 2.27. The van der Waals surface area contributed by atoms with E-state index in [9.17, 15) is 4.79 Å². The monoisotopic (exact) mass is 206 g/mol. The summed E-state index contributed by atoms with van der Waals surface area (Å²) in [5, 5.41) is 2.22. The summed E-state index contributed by atoms with van der Waals surface area (Å²) >= 11 is 12.7. The Balaban J connectivity index is 2.93. The van der Waals surface area contributed by atoms with Gasteiger partial charge in [0.2, 0.25) is 0 Å². The molecule has 1 aromatic heterocycles. The van der Waals surface area contributed by atoms with Crippen LogP contribution in [0.4, 0.5) is 0 Å². The van der Waals surface area contributed by atoms with Crippen LogP contribution in [0.1, 0.15) is 5.56 Å². The van der Waals surface area contributed by atoms with Gasteiger partial charge in [0.15, 0.2) is 0 Å². The fourth-order valence-corrected chi connectivity index (χ4v) is 1.70. The molecule has 0 aliphatic carbocycles. The predicted molar refractivity (Wildman–Crippen MR) is 49.2 cm³/mol. The van der Waals surface area contributed by atoms with E-state index in [1.807, 2.05) is 0 Å². The minimum Gasteiger partial charge on any atom is -0.299 e. The fourth-order valence-electron chi connectivity index (χ4n) is 0.591. The largest absolute Gasteiger partial charge is 0.299 e. The summed E-state index contributed by atoms with van der Waals surface area (Å²) in [6, 6.07) is 1.72. The lowest BCUT2D eigenvalue weighted by molar-refractivity contribution is -0.104. The number of aldehydes is 1. The third-order valence-electron chi connectivity index (χ3n) is 1.06. The number of carbonyl (C=O) groups is 1. The van der Waals surface area contributed by atoms with Crippen LogP contribution in [-0.4, -0.2) is 6.29 Å². The number of halogens is 2. The van der Waals surface area contributed by atoms with Gasteiger partial charge in [-0.2, -0.15) is 0 Å². The molecule has 0 aliphatic rings. The molecule has 0 aromatic carbocycles. The van der Waals surface area contributed by atoms with E-state index >= 15 is 0 Å². The smallest absolute Gasteiger partial charge is 0.144 e. The van der Waals surface area contributed by atoms with Crippen molar-refractivity contribution in [1.29, 1.82) is 0 Å². The lowest BCUT2D eigenvalue weighted by Crippen LogP contribution is -1.69. The van der Waals surface area contributed by atoms with E-state index in [1.54, 1.807) is 11.4 Å². The van der Waals surface area contributed by atoms with E-state index in [4.69, 9.17) is 23.2 Å². The first-order chi connectivity index (χ1) is 5.24. The van der Waals surface area contributed by atoms with Crippen molar-refractivity contribution in [3.8, 4) is 0 Å². The van der Waals surface area contributed by atoms with Crippen LogP contribution < -0.4 is 0 Å². The number of allylic oxidation sites excluding steroid dienone is 1. The summed E-state index contributed by atoms with van der Waals surface area (Å²) < 4.78 is 0.664. The van der Waals surface area contributed by atoms with Gasteiger partial charge in [0.25, 0.3) is 0 Å². The number of hydrogen-bond acceptors (Lipinski definition) is 2. The quantitative estimate of drug-likeness (QED) is 0.537. The molecule has 0 unspecified atom stereocenters. The molecule has 0 fully saturated rings. The molecule has 0 saturated carbocycles. The minimum atomic E-state index is 0.420. The predicted octanol–water partition coefficient (Wildman–Crippen LogP) is 3.18. The summed E-state index contributed by atoms with van der Waals surface area (Å²) in [6.45, 7) is 0. The number of hydrogen-bond donors (Lipinski definition) is 0. The van der Waals surface area contributed by atoms with Crippen molar-refractivity contribution in [2.75, 3.05) is 0 Å². The van der Waals surface area contributed by atoms with Crippen molar-refractivity contribution in [1.82, 2.24) is 0 Å². The van der Waals surface area contributed by atoms with E-state index in [0.29, 0.717) is 15.7 Å². The maximum atomic E-state index is 10.0. The lowest BCUT2D eigenvalue weighted by Gasteiger charge is -1.87. The highest BCUT2D eigenvalue weighted by molar-refractivity contribution is 7.14. The summed E-state index contributed by atoms with van der Waals surface area (Å²) in [5.74, 6) is 0. The second-order valence-corrected chi connectivity index (χ2v) is 3.74. The minimum absolute atomic E-state index is 0.420. The Morgan fingerprint density at radius 2 is 2.36 bits per heavy atom. The van der Waals surface area contributed by atoms with E-state index in [0.717, 1.165) is 5.56 Å². The average molecular weight is 207 g/mol. The normalized spacial score (nSPS) is 11.6. The number of carbonyl (C=O) groups excluding carboxylic acids is 1. The van der Waals surface area contributed by atoms with Crippen molar-refractivity contribution in [2.24, 2.45) is 0 Å². The van der Waals surface area contributed by atoms with Crippen LogP contribution in [-0.2, 0) is 4.79 Å². The summed E-state index contributed by atoms with van der Waals surface area (Å²) in [7, 11) is 0. The van der Waals surface area contributed by atoms with Crippen LogP contribution in [0.25, 0.3) is 5.03 Å². The SMILES string of the molecule is O=C/C=C(\Cl)c1csc(Cl)c1. The first-order valence-corrected chi connectivity index (χ1v) is 4.43. The summed E-state index contributed by atoms with van der Waals surface area (Å²) in [4.78, 5) is 10.0. The van der Waals surface area contributed by atoms with Crippen LogP contribution in [0.3, 0.4) is 0 Å². The molecule has 1 aromatic rings. The molecular weight excluding hydrogens is 203 g/mol. The molecule has 0 radical (unpaired) electrons. The zero-order valence-corrected chi connectivity index (χ0v) is 7.71. The molecule has 11 heavy (non-hydrogen) atoms. The standard InChI is InChI=1S/C7H4Cl2OS/c8-6(1-2-10)5-3-7(9)11-4-5/h1-4H/b6-1-. The Hall–Kier alpha value is -0.310. The molecule has 1 heterocycles. The van der Waals surface area contributed by atoms with Crippen molar-refractivity contribution >= 4 is 45.9 Å². The maximum Gasteiger partial charge on any atom is 0.144 e. The van der Waals surface area contributed by atoms with Crippen LogP contribution in [0.15, 0.2) is 17.5 Å². The van der Waals surface area contributed by atoms with Gasteiger partial charge < -0.3 is 0 Å². The summed E-state index contributed by atoms with van der Waals surface area (Å²) in [5.41, 5.74) is 0.786. The van der Waals surface area contributed by atoms with E-state index in [2.05, 4.69) is 0 Å². The highest BCUT2D eigenvalue weighted by Gasteiger charge is 1.99. The molecule has 1 rings (SSSR count). The van der Waals surface area contributed by atoms with Gasteiger partial charge >= 0.3 is 0 Å². The van der Waals surface area contributed by atoms with Crippen LogP contribution in [0.5, 0.6) is 0 Å². The van der Waals surface area contributed by atoms with Crippen molar-refractivity contribution in [3.63, 3.8) is 0 Å². The Labute approximate surface area is 78.2 Å². The Bertz CT molecular complexity index is 290. The van der Waals surface area contributed by atoms with Gasteiger partial charge in [0, 0.05) is 10.9 Å². The molecule has 4 heteroatoms. The average Bonchev–Trinajstić information content (AvgIpc) is 2.36. The number of rotatable bonds is 2. The first kappa shape index (κ1) is 8.78. The second-order valence-electron chi connectivity index (χ2n) is 1.79. The second kappa shape index (κ2) is 3.90. The number of thiophene rings is 1. The van der Waals surface area contributed by atoms with Crippen molar-refractivity contribution in [3.05, 3.63) is 27.4 Å². The highest BCUT2D eigenvalue weighted by atomic mass is 35.5. The molecule has 58 valence electrons. The van der Waals surface area contributed by atoms with Gasteiger partial charge in [-0.3, -0.25) is 4.79 Å². The van der Waals surface area contributed by atoms with Crippen LogP contribution >= 0.6 is 34.5 Å². The van der Waals surface area contributed by atoms with Gasteiger partial charge in [-0.25, -0.2) is 0 Å². The molecule has 1 nitrogen and oxygen atoms in total. The van der Waals surface area contributed by atoms with E-state index in [-0.39, 0.29) is 0 Å². The van der Waals surface area contributed by atoms with Crippen molar-refractivity contribution in [2.45, 2.75) is 0 Å². The molecule has 0 spiro atoms. The Morgan fingerprint density at radius 1 is 1.64 bits per heavy atom. The Morgan fingerprint density at radius 3 is 2.82 bits per heavy atom. The summed E-state index contributed by atoms with van der Waals surface area (Å²) in [6.07, 6.45) is 1.94. The molecule has 0 saturated heterocycles. The molecule has 0 N–H and O–H groups in total. The first-order valence-electron chi connectivity index (χ1n) is 2.79. The van der Waals surface area contributed by atoms with E-state index < -0.39 is 0 Å². The zero-order chi connectivity index (χ0) is 8.27. The van der Waals surface area contributed by atoms with Crippen LogP contribution in [0.2, 0.25) is 4.34 Å². The van der Waals surface area contributed by atoms with Gasteiger partial charge in [-0.15, -0.1) is 11.3 Å². The van der Waals surface area contributed by atoms with Crippen molar-refractivity contribution < 1.29 is 4.79 Å². The molecule has 0 atom stereocenters. The molecular formula is C7H4Cl2OS. The van der Waals surface area contributed by atoms with Gasteiger partial charge in [0.1, 0.15) is 6.29 Å². The molecule has 0 aliphatic heterocycles. The van der Waals surface area contributed by atoms with Gasteiger partial charge in [-0.05, 0) is 12.1 Å². The fraction of sp³-hybridized carbons (Fsp3) is 0. The third kappa shape index (κ3) is 2.33. The topological polar surface area (TPSA) is 17.1 Å². The molecule has 0 amide bonds. The van der Waals surface area contributed by atoms with Gasteiger partial charge in [0.05, 0.1) is 9.37 Å². The van der Waals surface area contributed by atoms with E-state index in [1.165, 1.54) is 17.4 Å².